The summed E-state index contributed by atoms with van der Waals surface area (Å²) in [5, 5.41) is 5.76. The lowest BCUT2D eigenvalue weighted by atomic mass is 10.2. The molecule has 0 saturated carbocycles. The first-order valence-electron chi connectivity index (χ1n) is 11.7. The molecule has 0 bridgehead atoms. The molecule has 0 radical (unpaired) electrons. The average Bonchev–Trinajstić information content (AvgIpc) is 3.36. The van der Waals surface area contributed by atoms with Crippen LogP contribution in [0.3, 0.4) is 0 Å². The van der Waals surface area contributed by atoms with Gasteiger partial charge in [0.05, 0.1) is 35.8 Å². The molecule has 3 aromatic carbocycles. The minimum absolute atomic E-state index is 0.250. The highest BCUT2D eigenvalue weighted by Gasteiger charge is 2.21. The second kappa shape index (κ2) is 11.0. The van der Waals surface area contributed by atoms with Gasteiger partial charge in [0.1, 0.15) is 5.58 Å². The van der Waals surface area contributed by atoms with Crippen LogP contribution < -0.4 is 15.0 Å². The van der Waals surface area contributed by atoms with Gasteiger partial charge in [-0.2, -0.15) is 9.78 Å². The molecule has 2 heterocycles. The SMILES string of the molecule is COC(=O)[C@H](C)Oc1c(Br)cc(C=Nn2c(-c3cc4cc(Br)ccc4o3)nc3ccccc3c2=O)cc1OC. The molecule has 2 aromatic heterocycles. The number of ether oxygens (including phenoxy) is 3. The number of aromatic nitrogens is 2. The molecular formula is C28H21Br2N3O6. The summed E-state index contributed by atoms with van der Waals surface area (Å²) < 4.78 is 24.6. The van der Waals surface area contributed by atoms with Crippen molar-refractivity contribution in [3.8, 4) is 23.1 Å². The Labute approximate surface area is 239 Å². The second-order valence-corrected chi connectivity index (χ2v) is 10.2. The summed E-state index contributed by atoms with van der Waals surface area (Å²) >= 11 is 6.94. The van der Waals surface area contributed by atoms with Crippen molar-refractivity contribution in [1.82, 2.24) is 9.66 Å². The van der Waals surface area contributed by atoms with Gasteiger partial charge in [-0.1, -0.05) is 28.1 Å². The smallest absolute Gasteiger partial charge is 0.346 e. The van der Waals surface area contributed by atoms with Crippen LogP contribution in [-0.2, 0) is 9.53 Å². The number of methoxy groups -OCH3 is 2. The topological polar surface area (TPSA) is 105 Å². The van der Waals surface area contributed by atoms with Crippen molar-refractivity contribution in [3.05, 3.63) is 85.5 Å². The Hall–Kier alpha value is -3.96. The number of hydrogen-bond donors (Lipinski definition) is 0. The Morgan fingerprint density at radius 2 is 1.90 bits per heavy atom. The molecule has 0 amide bonds. The predicted molar refractivity (Wildman–Crippen MR) is 155 cm³/mol. The molecule has 198 valence electrons. The fraction of sp³-hybridized carbons (Fsp3) is 0.143. The van der Waals surface area contributed by atoms with Gasteiger partial charge in [-0.3, -0.25) is 4.79 Å². The molecule has 5 aromatic rings. The molecule has 0 aliphatic carbocycles. The molecule has 0 N–H and O–H groups in total. The fourth-order valence-corrected chi connectivity index (χ4v) is 4.89. The van der Waals surface area contributed by atoms with Gasteiger partial charge in [-0.05, 0) is 76.9 Å². The maximum atomic E-state index is 13.5. The first kappa shape index (κ1) is 26.6. The third-order valence-electron chi connectivity index (χ3n) is 5.85. The second-order valence-electron chi connectivity index (χ2n) is 8.42. The molecule has 9 nitrogen and oxygen atoms in total. The monoisotopic (exact) mass is 653 g/mol. The van der Waals surface area contributed by atoms with Crippen LogP contribution in [0.15, 0.2) is 83.9 Å². The standard InChI is InChI=1S/C28H21Br2N3O6/c1-15(28(35)37-3)38-25-20(30)10-16(11-23(25)36-2)14-31-33-26(32-21-7-5-4-6-19(21)27(33)34)24-13-17-12-18(29)8-9-22(17)39-24/h4-15H,1-3H3/t15-/m0/s1. The van der Waals surface area contributed by atoms with Crippen LogP contribution in [0.25, 0.3) is 33.5 Å². The summed E-state index contributed by atoms with van der Waals surface area (Å²) in [5.74, 6) is 0.797. The van der Waals surface area contributed by atoms with E-state index in [1.165, 1.54) is 25.1 Å². The van der Waals surface area contributed by atoms with Crippen molar-refractivity contribution in [2.45, 2.75) is 13.0 Å². The third kappa shape index (κ3) is 5.32. The number of hydrogen-bond acceptors (Lipinski definition) is 8. The Morgan fingerprint density at radius 3 is 2.67 bits per heavy atom. The minimum Gasteiger partial charge on any atom is -0.493 e. The summed E-state index contributed by atoms with van der Waals surface area (Å²) in [7, 11) is 2.77. The molecule has 11 heteroatoms. The van der Waals surface area contributed by atoms with Gasteiger partial charge in [-0.25, -0.2) is 9.78 Å². The van der Waals surface area contributed by atoms with Crippen LogP contribution in [0.1, 0.15) is 12.5 Å². The maximum Gasteiger partial charge on any atom is 0.346 e. The molecule has 0 fully saturated rings. The van der Waals surface area contributed by atoms with E-state index >= 15 is 0 Å². The number of halogens is 2. The molecule has 39 heavy (non-hydrogen) atoms. The van der Waals surface area contributed by atoms with Gasteiger partial charge >= 0.3 is 5.97 Å². The Morgan fingerprint density at radius 1 is 1.10 bits per heavy atom. The highest BCUT2D eigenvalue weighted by Crippen LogP contribution is 2.37. The lowest BCUT2D eigenvalue weighted by molar-refractivity contribution is -0.147. The molecule has 5 rings (SSSR count). The highest BCUT2D eigenvalue weighted by molar-refractivity contribution is 9.10. The number of esters is 1. The Bertz CT molecular complexity index is 1810. The number of carbonyl (C=O) groups is 1. The van der Waals surface area contributed by atoms with Crippen molar-refractivity contribution < 1.29 is 23.4 Å². The Kier molecular flexibility index (Phi) is 7.53. The number of furan rings is 1. The van der Waals surface area contributed by atoms with Crippen LogP contribution in [0.4, 0.5) is 0 Å². The Balaban J connectivity index is 1.61. The number of fused-ring (bicyclic) bond motifs is 2. The van der Waals surface area contributed by atoms with Gasteiger partial charge < -0.3 is 18.6 Å². The fourth-order valence-electron chi connectivity index (χ4n) is 3.96. The lowest BCUT2D eigenvalue weighted by Crippen LogP contribution is -2.25. The van der Waals surface area contributed by atoms with Gasteiger partial charge in [0.25, 0.3) is 5.56 Å². The van der Waals surface area contributed by atoms with Gasteiger partial charge in [0.2, 0.25) is 5.82 Å². The van der Waals surface area contributed by atoms with Crippen LogP contribution in [0, 0.1) is 0 Å². The predicted octanol–water partition coefficient (Wildman–Crippen LogP) is 6.17. The summed E-state index contributed by atoms with van der Waals surface area (Å²) in [4.78, 5) is 30.1. The molecule has 0 spiro atoms. The molecule has 1 atom stereocenters. The van der Waals surface area contributed by atoms with Crippen molar-refractivity contribution in [2.75, 3.05) is 14.2 Å². The zero-order valence-corrected chi connectivity index (χ0v) is 24.1. The number of nitrogens with zero attached hydrogens (tertiary/aromatic N) is 3. The molecule has 0 unspecified atom stereocenters. The largest absolute Gasteiger partial charge is 0.493 e. The van der Waals surface area contributed by atoms with E-state index in [0.29, 0.717) is 43.8 Å². The lowest BCUT2D eigenvalue weighted by Gasteiger charge is -2.17. The van der Waals surface area contributed by atoms with E-state index in [4.69, 9.17) is 23.6 Å². The van der Waals surface area contributed by atoms with Crippen LogP contribution in [0.5, 0.6) is 11.5 Å². The van der Waals surface area contributed by atoms with Crippen molar-refractivity contribution in [2.24, 2.45) is 5.10 Å². The minimum atomic E-state index is -0.853. The molecule has 0 aliphatic heterocycles. The first-order valence-corrected chi connectivity index (χ1v) is 13.2. The normalized spacial score (nSPS) is 12.2. The van der Waals surface area contributed by atoms with Gasteiger partial charge in [0, 0.05) is 9.86 Å². The first-order chi connectivity index (χ1) is 18.8. The number of para-hydroxylation sites is 1. The third-order valence-corrected chi connectivity index (χ3v) is 6.94. The summed E-state index contributed by atoms with van der Waals surface area (Å²) in [6.07, 6.45) is 0.649. The van der Waals surface area contributed by atoms with E-state index in [1.807, 2.05) is 30.3 Å². The van der Waals surface area contributed by atoms with Crippen LogP contribution >= 0.6 is 31.9 Å². The van der Waals surface area contributed by atoms with E-state index in [1.54, 1.807) is 37.3 Å². The molecule has 0 saturated heterocycles. The molecular weight excluding hydrogens is 634 g/mol. The highest BCUT2D eigenvalue weighted by atomic mass is 79.9. The van der Waals surface area contributed by atoms with E-state index in [9.17, 15) is 9.59 Å². The summed E-state index contributed by atoms with van der Waals surface area (Å²) in [6.45, 7) is 1.57. The van der Waals surface area contributed by atoms with Gasteiger partial charge in [0.15, 0.2) is 23.4 Å². The number of benzene rings is 3. The summed E-state index contributed by atoms with van der Waals surface area (Å²) in [6, 6.07) is 17.9. The van der Waals surface area contributed by atoms with Crippen molar-refractivity contribution >= 4 is 65.9 Å². The zero-order chi connectivity index (χ0) is 27.7. The van der Waals surface area contributed by atoms with E-state index in [0.717, 1.165) is 9.86 Å². The van der Waals surface area contributed by atoms with E-state index in [-0.39, 0.29) is 11.4 Å². The van der Waals surface area contributed by atoms with Crippen LogP contribution in [-0.4, -0.2) is 42.2 Å². The summed E-state index contributed by atoms with van der Waals surface area (Å²) in [5.41, 5.74) is 1.41. The van der Waals surface area contributed by atoms with Gasteiger partial charge in [-0.15, -0.1) is 0 Å². The van der Waals surface area contributed by atoms with Crippen molar-refractivity contribution in [1.29, 1.82) is 0 Å². The van der Waals surface area contributed by atoms with Crippen LogP contribution in [0.2, 0.25) is 0 Å². The zero-order valence-electron chi connectivity index (χ0n) is 21.0. The quantitative estimate of drug-likeness (QED) is 0.153. The average molecular weight is 655 g/mol. The van der Waals surface area contributed by atoms with E-state index < -0.39 is 12.1 Å². The van der Waals surface area contributed by atoms with E-state index in [2.05, 4.69) is 37.0 Å². The number of rotatable bonds is 7. The van der Waals surface area contributed by atoms with Crippen molar-refractivity contribution in [3.63, 3.8) is 0 Å². The maximum absolute atomic E-state index is 13.5. The molecule has 0 aliphatic rings. The number of carbonyl (C=O) groups excluding carboxylic acids is 1.